The third-order valence-corrected chi connectivity index (χ3v) is 4.92. The molecule has 3 nitrogen and oxygen atoms in total. The second kappa shape index (κ2) is 7.08. The summed E-state index contributed by atoms with van der Waals surface area (Å²) in [6.07, 6.45) is 9.51. The normalized spacial score (nSPS) is 24.3. The average Bonchev–Trinajstić information content (AvgIpc) is 2.73. The van der Waals surface area contributed by atoms with E-state index in [0.717, 1.165) is 19.5 Å². The van der Waals surface area contributed by atoms with Crippen molar-refractivity contribution in [1.29, 1.82) is 0 Å². The number of rotatable bonds is 4. The van der Waals surface area contributed by atoms with E-state index >= 15 is 0 Å². The van der Waals surface area contributed by atoms with Crippen LogP contribution in [0, 0.1) is 0 Å². The van der Waals surface area contributed by atoms with E-state index in [4.69, 9.17) is 0 Å². The minimum absolute atomic E-state index is 0.0217. The molecule has 3 rings (SSSR count). The fourth-order valence-corrected chi connectivity index (χ4v) is 3.63. The Morgan fingerprint density at radius 1 is 1.05 bits per heavy atom. The van der Waals surface area contributed by atoms with E-state index < -0.39 is 0 Å². The van der Waals surface area contributed by atoms with Crippen molar-refractivity contribution in [3.63, 3.8) is 0 Å². The van der Waals surface area contributed by atoms with Crippen LogP contribution in [0.2, 0.25) is 0 Å². The molecule has 1 atom stereocenters. The maximum Gasteiger partial charge on any atom is 0.241 e. The van der Waals surface area contributed by atoms with Gasteiger partial charge in [0.1, 0.15) is 0 Å². The fraction of sp³-hybridized carbons (Fsp3) is 0.611. The lowest BCUT2D eigenvalue weighted by Crippen LogP contribution is -2.38. The van der Waals surface area contributed by atoms with Gasteiger partial charge in [-0.1, -0.05) is 56.0 Å². The molecule has 1 aliphatic heterocycles. The smallest absolute Gasteiger partial charge is 0.241 e. The van der Waals surface area contributed by atoms with E-state index in [1.807, 2.05) is 6.07 Å². The first kappa shape index (κ1) is 14.6. The third-order valence-electron chi connectivity index (χ3n) is 4.92. The molecule has 1 saturated carbocycles. The van der Waals surface area contributed by atoms with E-state index in [9.17, 15) is 4.79 Å². The summed E-state index contributed by atoms with van der Waals surface area (Å²) in [6.45, 7) is 0.753. The zero-order chi connectivity index (χ0) is 14.5. The van der Waals surface area contributed by atoms with Gasteiger partial charge in [-0.3, -0.25) is 10.1 Å². The highest BCUT2D eigenvalue weighted by Crippen LogP contribution is 2.24. The molecule has 1 unspecified atom stereocenters. The van der Waals surface area contributed by atoms with E-state index in [0.29, 0.717) is 11.9 Å². The second-order valence-electron chi connectivity index (χ2n) is 6.39. The maximum atomic E-state index is 12.6. The van der Waals surface area contributed by atoms with Gasteiger partial charge in [-0.2, -0.15) is 0 Å². The highest BCUT2D eigenvalue weighted by molar-refractivity contribution is 5.84. The van der Waals surface area contributed by atoms with Crippen LogP contribution in [0.4, 0.5) is 0 Å². The summed E-state index contributed by atoms with van der Waals surface area (Å²) in [5.41, 5.74) is 1.32. The van der Waals surface area contributed by atoms with Gasteiger partial charge in [-0.25, -0.2) is 0 Å². The molecule has 1 aliphatic carbocycles. The highest BCUT2D eigenvalue weighted by atomic mass is 16.2. The molecule has 1 amide bonds. The highest BCUT2D eigenvalue weighted by Gasteiger charge is 2.34. The Labute approximate surface area is 127 Å². The minimum atomic E-state index is 0.0217. The topological polar surface area (TPSA) is 32.3 Å². The molecular formula is C18H26N2O. The van der Waals surface area contributed by atoms with Gasteiger partial charge in [-0.05, 0) is 31.2 Å². The number of benzene rings is 1. The van der Waals surface area contributed by atoms with Gasteiger partial charge in [0.2, 0.25) is 5.91 Å². The lowest BCUT2D eigenvalue weighted by atomic mass is 10.0. The summed E-state index contributed by atoms with van der Waals surface area (Å²) in [4.78, 5) is 14.7. The molecule has 3 heteroatoms. The van der Waals surface area contributed by atoms with E-state index in [1.54, 1.807) is 0 Å². The lowest BCUT2D eigenvalue weighted by Gasteiger charge is -2.26. The molecule has 1 N–H and O–H groups in total. The largest absolute Gasteiger partial charge is 0.326 e. The van der Waals surface area contributed by atoms with Crippen molar-refractivity contribution < 1.29 is 4.79 Å². The Balaban J connectivity index is 1.53. The number of carbonyl (C=O) groups is 1. The molecule has 1 aromatic rings. The van der Waals surface area contributed by atoms with Crippen molar-refractivity contribution in [2.24, 2.45) is 0 Å². The second-order valence-corrected chi connectivity index (χ2v) is 6.39. The van der Waals surface area contributed by atoms with Crippen LogP contribution in [0.25, 0.3) is 0 Å². The van der Waals surface area contributed by atoms with Crippen molar-refractivity contribution in [2.75, 3.05) is 6.67 Å². The van der Waals surface area contributed by atoms with Gasteiger partial charge in [-0.15, -0.1) is 0 Å². The molecule has 21 heavy (non-hydrogen) atoms. The monoisotopic (exact) mass is 286 g/mol. The Kier molecular flexibility index (Phi) is 4.91. The molecule has 1 saturated heterocycles. The van der Waals surface area contributed by atoms with Crippen LogP contribution in [0.15, 0.2) is 30.3 Å². The summed E-state index contributed by atoms with van der Waals surface area (Å²) in [5, 5.41) is 3.42. The van der Waals surface area contributed by atoms with Crippen molar-refractivity contribution in [1.82, 2.24) is 10.2 Å². The molecule has 114 valence electrons. The zero-order valence-corrected chi connectivity index (χ0v) is 12.8. The first-order chi connectivity index (χ1) is 10.3. The van der Waals surface area contributed by atoms with Crippen LogP contribution in [-0.2, 0) is 11.2 Å². The number of amides is 1. The lowest BCUT2D eigenvalue weighted by molar-refractivity contribution is -0.131. The van der Waals surface area contributed by atoms with E-state index in [2.05, 4.69) is 34.5 Å². The number of hydrogen-bond donors (Lipinski definition) is 1. The van der Waals surface area contributed by atoms with Gasteiger partial charge in [0.15, 0.2) is 0 Å². The third kappa shape index (κ3) is 3.65. The summed E-state index contributed by atoms with van der Waals surface area (Å²) in [6, 6.07) is 11.0. The number of aryl methyl sites for hydroxylation is 1. The standard InChI is InChI=1S/C18H26N2O/c21-18-17(13-12-15-8-4-3-5-9-15)19-14-20(18)16-10-6-1-2-7-11-16/h3-5,8-9,16-17,19H,1-2,6-7,10-14H2. The fourth-order valence-electron chi connectivity index (χ4n) is 3.63. The van der Waals surface area contributed by atoms with Crippen LogP contribution in [-0.4, -0.2) is 29.6 Å². The molecule has 0 spiro atoms. The first-order valence-corrected chi connectivity index (χ1v) is 8.42. The molecule has 1 aromatic carbocycles. The van der Waals surface area contributed by atoms with Crippen LogP contribution in [0.5, 0.6) is 0 Å². The van der Waals surface area contributed by atoms with Crippen molar-refractivity contribution in [3.8, 4) is 0 Å². The summed E-state index contributed by atoms with van der Waals surface area (Å²) >= 11 is 0. The molecule has 0 bridgehead atoms. The van der Waals surface area contributed by atoms with Gasteiger partial charge in [0, 0.05) is 6.04 Å². The quantitative estimate of drug-likeness (QED) is 0.863. The Morgan fingerprint density at radius 3 is 2.48 bits per heavy atom. The Bertz CT molecular complexity index is 452. The summed E-state index contributed by atoms with van der Waals surface area (Å²) in [5.74, 6) is 0.331. The van der Waals surface area contributed by atoms with Crippen LogP contribution in [0.1, 0.15) is 50.5 Å². The van der Waals surface area contributed by atoms with Crippen molar-refractivity contribution in [3.05, 3.63) is 35.9 Å². The number of carbonyl (C=O) groups excluding carboxylic acids is 1. The molecule has 0 aromatic heterocycles. The zero-order valence-electron chi connectivity index (χ0n) is 12.8. The van der Waals surface area contributed by atoms with E-state index in [1.165, 1.54) is 44.1 Å². The molecule has 2 fully saturated rings. The van der Waals surface area contributed by atoms with Crippen molar-refractivity contribution in [2.45, 2.75) is 63.5 Å². The maximum absolute atomic E-state index is 12.6. The van der Waals surface area contributed by atoms with E-state index in [-0.39, 0.29) is 6.04 Å². The van der Waals surface area contributed by atoms with Crippen molar-refractivity contribution >= 4 is 5.91 Å². The van der Waals surface area contributed by atoms with Gasteiger partial charge < -0.3 is 4.90 Å². The van der Waals surface area contributed by atoms with Crippen LogP contribution >= 0.6 is 0 Å². The molecule has 2 aliphatic rings. The average molecular weight is 286 g/mol. The minimum Gasteiger partial charge on any atom is -0.326 e. The SMILES string of the molecule is O=C1C(CCc2ccccc2)NCN1C1CCCCCC1. The van der Waals surface area contributed by atoms with Crippen LogP contribution in [0.3, 0.4) is 0 Å². The van der Waals surface area contributed by atoms with Gasteiger partial charge >= 0.3 is 0 Å². The predicted octanol–water partition coefficient (Wildman–Crippen LogP) is 3.10. The number of nitrogens with zero attached hydrogens (tertiary/aromatic N) is 1. The summed E-state index contributed by atoms with van der Waals surface area (Å²) in [7, 11) is 0. The molecular weight excluding hydrogens is 260 g/mol. The predicted molar refractivity (Wildman–Crippen MR) is 84.9 cm³/mol. The van der Waals surface area contributed by atoms with Crippen LogP contribution < -0.4 is 5.32 Å². The Morgan fingerprint density at radius 2 is 1.76 bits per heavy atom. The molecule has 0 radical (unpaired) electrons. The summed E-state index contributed by atoms with van der Waals surface area (Å²) < 4.78 is 0. The number of hydrogen-bond acceptors (Lipinski definition) is 2. The first-order valence-electron chi connectivity index (χ1n) is 8.42. The molecule has 1 heterocycles. The number of nitrogens with one attached hydrogen (secondary N) is 1. The Hall–Kier alpha value is -1.35. The van der Waals surface area contributed by atoms with Gasteiger partial charge in [0.05, 0.1) is 12.7 Å². The van der Waals surface area contributed by atoms with Gasteiger partial charge in [0.25, 0.3) is 0 Å².